The number of amides is 3. The zero-order chi connectivity index (χ0) is 19.1. The molecule has 0 atom stereocenters. The van der Waals surface area contributed by atoms with Crippen molar-refractivity contribution in [3.63, 3.8) is 0 Å². The maximum absolute atomic E-state index is 12.0. The van der Waals surface area contributed by atoms with Gasteiger partial charge in [0.2, 0.25) is 5.91 Å². The molecule has 3 rings (SSSR count). The van der Waals surface area contributed by atoms with Crippen LogP contribution in [0.25, 0.3) is 0 Å². The molecule has 0 unspecified atom stereocenters. The number of anilines is 3. The molecule has 142 valence electrons. The Hall–Kier alpha value is -3.13. The van der Waals surface area contributed by atoms with Crippen LogP contribution < -0.4 is 20.9 Å². The van der Waals surface area contributed by atoms with E-state index in [9.17, 15) is 9.59 Å². The fraction of sp³-hybridized carbons (Fsp3) is 0.316. The number of carbonyl (C=O) groups excluding carboxylic acids is 2. The molecule has 0 radical (unpaired) electrons. The molecule has 3 amide bonds. The van der Waals surface area contributed by atoms with Gasteiger partial charge in [-0.25, -0.2) is 9.78 Å². The van der Waals surface area contributed by atoms with Crippen LogP contribution in [0.2, 0.25) is 0 Å². The van der Waals surface area contributed by atoms with Crippen molar-refractivity contribution >= 4 is 29.1 Å². The third-order valence-corrected chi connectivity index (χ3v) is 4.05. The lowest BCUT2D eigenvalue weighted by Gasteiger charge is -2.27. The normalized spacial score (nSPS) is 13.7. The number of rotatable bonds is 5. The molecule has 0 aliphatic carbocycles. The fourth-order valence-electron chi connectivity index (χ4n) is 2.70. The quantitative estimate of drug-likeness (QED) is 0.749. The number of pyridine rings is 1. The highest BCUT2D eigenvalue weighted by Gasteiger charge is 2.12. The first-order chi connectivity index (χ1) is 13.1. The monoisotopic (exact) mass is 369 g/mol. The van der Waals surface area contributed by atoms with E-state index >= 15 is 0 Å². The maximum Gasteiger partial charge on any atom is 0.319 e. The molecule has 27 heavy (non-hydrogen) atoms. The lowest BCUT2D eigenvalue weighted by molar-refractivity contribution is -0.115. The van der Waals surface area contributed by atoms with Crippen LogP contribution >= 0.6 is 0 Å². The second kappa shape index (κ2) is 9.00. The second-order valence-electron chi connectivity index (χ2n) is 6.23. The smallest absolute Gasteiger partial charge is 0.319 e. The Labute approximate surface area is 157 Å². The Bertz CT molecular complexity index is 788. The van der Waals surface area contributed by atoms with Gasteiger partial charge in [0, 0.05) is 18.8 Å². The molecule has 8 heteroatoms. The summed E-state index contributed by atoms with van der Waals surface area (Å²) in [7, 11) is 0. The summed E-state index contributed by atoms with van der Waals surface area (Å²) in [6.45, 7) is 4.79. The summed E-state index contributed by atoms with van der Waals surface area (Å²) in [5.41, 5.74) is 2.30. The predicted molar refractivity (Wildman–Crippen MR) is 104 cm³/mol. The number of carbonyl (C=O) groups is 2. The number of hydrogen-bond acceptors (Lipinski definition) is 5. The molecule has 0 spiro atoms. The zero-order valence-corrected chi connectivity index (χ0v) is 15.2. The molecule has 3 N–H and O–H groups in total. The van der Waals surface area contributed by atoms with Gasteiger partial charge in [0.15, 0.2) is 0 Å². The molecule has 1 saturated heterocycles. The number of benzene rings is 1. The van der Waals surface area contributed by atoms with Crippen molar-refractivity contribution in [3.8, 4) is 0 Å². The summed E-state index contributed by atoms with van der Waals surface area (Å²) in [6, 6.07) is 10.6. The van der Waals surface area contributed by atoms with Gasteiger partial charge in [0.1, 0.15) is 5.82 Å². The number of morpholine rings is 1. The van der Waals surface area contributed by atoms with Crippen molar-refractivity contribution in [1.82, 2.24) is 10.3 Å². The van der Waals surface area contributed by atoms with Crippen LogP contribution in [0.15, 0.2) is 42.6 Å². The van der Waals surface area contributed by atoms with Gasteiger partial charge in [0.05, 0.1) is 31.6 Å². The minimum absolute atomic E-state index is 0.136. The van der Waals surface area contributed by atoms with Gasteiger partial charge in [-0.1, -0.05) is 12.1 Å². The first kappa shape index (κ1) is 18.7. The van der Waals surface area contributed by atoms with E-state index in [4.69, 9.17) is 4.74 Å². The van der Waals surface area contributed by atoms with Crippen molar-refractivity contribution in [1.29, 1.82) is 0 Å². The highest BCUT2D eigenvalue weighted by Crippen LogP contribution is 2.15. The van der Waals surface area contributed by atoms with Gasteiger partial charge >= 0.3 is 6.03 Å². The molecule has 1 fully saturated rings. The number of aromatic nitrogens is 1. The van der Waals surface area contributed by atoms with Crippen LogP contribution in [-0.2, 0) is 9.53 Å². The van der Waals surface area contributed by atoms with Crippen LogP contribution in [0.1, 0.15) is 5.56 Å². The molecule has 1 aromatic carbocycles. The third-order valence-electron chi connectivity index (χ3n) is 4.05. The van der Waals surface area contributed by atoms with E-state index in [2.05, 4.69) is 25.8 Å². The molecule has 1 aliphatic heterocycles. The number of nitrogens with one attached hydrogen (secondary N) is 3. The van der Waals surface area contributed by atoms with Gasteiger partial charge in [-0.3, -0.25) is 4.79 Å². The lowest BCUT2D eigenvalue weighted by Crippen LogP contribution is -2.37. The number of nitrogens with zero attached hydrogens (tertiary/aromatic N) is 2. The largest absolute Gasteiger partial charge is 0.378 e. The third kappa shape index (κ3) is 5.68. The Balaban J connectivity index is 1.44. The summed E-state index contributed by atoms with van der Waals surface area (Å²) >= 11 is 0. The van der Waals surface area contributed by atoms with Gasteiger partial charge in [-0.2, -0.15) is 0 Å². The summed E-state index contributed by atoms with van der Waals surface area (Å²) in [5, 5.41) is 7.93. The first-order valence-corrected chi connectivity index (χ1v) is 8.80. The molecule has 2 heterocycles. The zero-order valence-electron chi connectivity index (χ0n) is 15.2. The average Bonchev–Trinajstić information content (AvgIpc) is 2.68. The second-order valence-corrected chi connectivity index (χ2v) is 6.23. The minimum Gasteiger partial charge on any atom is -0.378 e. The van der Waals surface area contributed by atoms with Crippen molar-refractivity contribution in [3.05, 3.63) is 48.2 Å². The van der Waals surface area contributed by atoms with Gasteiger partial charge in [-0.15, -0.1) is 0 Å². The van der Waals surface area contributed by atoms with Crippen molar-refractivity contribution in [2.45, 2.75) is 6.92 Å². The number of aryl methyl sites for hydroxylation is 1. The van der Waals surface area contributed by atoms with Gasteiger partial charge < -0.3 is 25.6 Å². The average molecular weight is 369 g/mol. The summed E-state index contributed by atoms with van der Waals surface area (Å²) < 4.78 is 5.32. The molecular formula is C19H23N5O3. The summed E-state index contributed by atoms with van der Waals surface area (Å²) in [4.78, 5) is 30.4. The van der Waals surface area contributed by atoms with E-state index in [0.29, 0.717) is 24.6 Å². The van der Waals surface area contributed by atoms with E-state index in [1.807, 2.05) is 31.2 Å². The molecule has 0 saturated carbocycles. The molecule has 0 bridgehead atoms. The summed E-state index contributed by atoms with van der Waals surface area (Å²) in [6.07, 6.45) is 1.61. The molecule has 2 aromatic rings. The SMILES string of the molecule is Cc1cccc(NC(=O)NCC(=O)Nc2ccc(N3CCOCC3)nc2)c1. The Morgan fingerprint density at radius 1 is 1.11 bits per heavy atom. The predicted octanol–water partition coefficient (Wildman–Crippen LogP) is 1.99. The van der Waals surface area contributed by atoms with Crippen LogP contribution in [0.3, 0.4) is 0 Å². The van der Waals surface area contributed by atoms with Gasteiger partial charge in [-0.05, 0) is 36.8 Å². The van der Waals surface area contributed by atoms with Crippen molar-refractivity contribution in [2.75, 3.05) is 48.4 Å². The fourth-order valence-corrected chi connectivity index (χ4v) is 2.70. The number of urea groups is 1. The minimum atomic E-state index is -0.434. The Morgan fingerprint density at radius 3 is 2.63 bits per heavy atom. The van der Waals surface area contributed by atoms with Crippen molar-refractivity contribution in [2.24, 2.45) is 0 Å². The van der Waals surface area contributed by atoms with Crippen molar-refractivity contribution < 1.29 is 14.3 Å². The van der Waals surface area contributed by atoms with E-state index < -0.39 is 6.03 Å². The maximum atomic E-state index is 12.0. The van der Waals surface area contributed by atoms with Gasteiger partial charge in [0.25, 0.3) is 0 Å². The van der Waals surface area contributed by atoms with E-state index in [-0.39, 0.29) is 12.5 Å². The van der Waals surface area contributed by atoms with E-state index in [0.717, 1.165) is 24.5 Å². The van der Waals surface area contributed by atoms with E-state index in [1.54, 1.807) is 18.3 Å². The van der Waals surface area contributed by atoms with Crippen LogP contribution in [0.5, 0.6) is 0 Å². The van der Waals surface area contributed by atoms with E-state index in [1.165, 1.54) is 0 Å². The van der Waals surface area contributed by atoms with Crippen LogP contribution in [0.4, 0.5) is 22.0 Å². The highest BCUT2D eigenvalue weighted by molar-refractivity contribution is 5.96. The first-order valence-electron chi connectivity index (χ1n) is 8.80. The van der Waals surface area contributed by atoms with Crippen LogP contribution in [-0.4, -0.2) is 49.8 Å². The molecular weight excluding hydrogens is 346 g/mol. The summed E-state index contributed by atoms with van der Waals surface area (Å²) in [5.74, 6) is 0.530. The highest BCUT2D eigenvalue weighted by atomic mass is 16.5. The molecule has 1 aromatic heterocycles. The number of ether oxygens (including phenoxy) is 1. The molecule has 8 nitrogen and oxygen atoms in total. The lowest BCUT2D eigenvalue weighted by atomic mass is 10.2. The number of hydrogen-bond donors (Lipinski definition) is 3. The molecule has 1 aliphatic rings. The Kier molecular flexibility index (Phi) is 6.22. The standard InChI is InChI=1S/C19H23N5O3/c1-14-3-2-4-15(11-14)23-19(26)21-13-18(25)22-16-5-6-17(20-12-16)24-7-9-27-10-8-24/h2-6,11-12H,7-10,13H2,1H3,(H,22,25)(H2,21,23,26). The topological polar surface area (TPSA) is 95.6 Å². The van der Waals surface area contributed by atoms with Crippen LogP contribution in [0, 0.1) is 6.92 Å². The Morgan fingerprint density at radius 2 is 1.93 bits per heavy atom.